The summed E-state index contributed by atoms with van der Waals surface area (Å²) in [7, 11) is 0. The van der Waals surface area contributed by atoms with Crippen LogP contribution in [0.3, 0.4) is 0 Å². The quantitative estimate of drug-likeness (QED) is 0.828. The van der Waals surface area contributed by atoms with Crippen LogP contribution in [0, 0.1) is 0 Å². The maximum absolute atomic E-state index is 11.0. The maximum Gasteiger partial charge on any atom is 0.221 e. The van der Waals surface area contributed by atoms with E-state index in [1.165, 1.54) is 6.92 Å². The Balaban J connectivity index is 1.71. The van der Waals surface area contributed by atoms with Gasteiger partial charge in [0, 0.05) is 39.4 Å². The third-order valence-electron chi connectivity index (χ3n) is 3.32. The highest BCUT2D eigenvalue weighted by Crippen LogP contribution is 2.35. The van der Waals surface area contributed by atoms with E-state index in [9.17, 15) is 4.79 Å². The zero-order chi connectivity index (χ0) is 16.2. The van der Waals surface area contributed by atoms with E-state index < -0.39 is 0 Å². The second kappa shape index (κ2) is 7.25. The third kappa shape index (κ3) is 4.19. The lowest BCUT2D eigenvalue weighted by Gasteiger charge is -2.21. The summed E-state index contributed by atoms with van der Waals surface area (Å²) in [5.41, 5.74) is 2.84. The molecule has 2 aromatic carbocycles. The number of fused-ring (bicyclic) bond motifs is 1. The number of ether oxygens (including phenoxy) is 2. The van der Waals surface area contributed by atoms with Crippen LogP contribution in [0.4, 0.5) is 5.69 Å². The van der Waals surface area contributed by atoms with E-state index in [4.69, 9.17) is 21.1 Å². The van der Waals surface area contributed by atoms with Crippen LogP contribution in [-0.2, 0) is 21.9 Å². The highest BCUT2D eigenvalue weighted by Gasteiger charge is 2.16. The Morgan fingerprint density at radius 3 is 2.83 bits per heavy atom. The molecule has 0 bridgehead atoms. The van der Waals surface area contributed by atoms with Crippen LogP contribution in [-0.4, -0.2) is 12.7 Å². The lowest BCUT2D eigenvalue weighted by Crippen LogP contribution is -2.12. The van der Waals surface area contributed by atoms with E-state index in [-0.39, 0.29) is 12.7 Å². The summed E-state index contributed by atoms with van der Waals surface area (Å²) in [6, 6.07) is 11.6. The summed E-state index contributed by atoms with van der Waals surface area (Å²) in [6.07, 6.45) is 0. The molecule has 23 heavy (non-hydrogen) atoms. The van der Waals surface area contributed by atoms with Gasteiger partial charge in [-0.3, -0.25) is 4.79 Å². The number of carbonyl (C=O) groups is 1. The predicted octanol–water partition coefficient (Wildman–Crippen LogP) is 4.46. The molecule has 0 fully saturated rings. The first kappa shape index (κ1) is 16.2. The molecular weight excluding hydrogens is 334 g/mol. The molecule has 0 unspecified atom stereocenters. The van der Waals surface area contributed by atoms with E-state index >= 15 is 0 Å². The van der Waals surface area contributed by atoms with Crippen LogP contribution in [0.1, 0.15) is 18.1 Å². The lowest BCUT2D eigenvalue weighted by molar-refractivity contribution is -0.114. The highest BCUT2D eigenvalue weighted by atomic mass is 35.5. The smallest absolute Gasteiger partial charge is 0.221 e. The van der Waals surface area contributed by atoms with Crippen molar-refractivity contribution >= 4 is 35.0 Å². The monoisotopic (exact) mass is 349 g/mol. The number of rotatable bonds is 4. The van der Waals surface area contributed by atoms with E-state index in [2.05, 4.69) is 5.32 Å². The van der Waals surface area contributed by atoms with Gasteiger partial charge in [-0.15, -0.1) is 11.8 Å². The number of thioether (sulfide) groups is 1. The number of hydrogen-bond acceptors (Lipinski definition) is 4. The number of hydrogen-bond donors (Lipinski definition) is 1. The first-order valence-corrected chi connectivity index (χ1v) is 8.50. The average molecular weight is 350 g/mol. The normalized spacial score (nSPS) is 13.1. The second-order valence-electron chi connectivity index (χ2n) is 5.16. The van der Waals surface area contributed by atoms with Gasteiger partial charge in [-0.1, -0.05) is 11.6 Å². The van der Waals surface area contributed by atoms with Crippen molar-refractivity contribution in [1.82, 2.24) is 0 Å². The Bertz CT molecular complexity index is 719. The van der Waals surface area contributed by atoms with E-state index in [0.29, 0.717) is 11.6 Å². The van der Waals surface area contributed by atoms with Crippen LogP contribution in [0.5, 0.6) is 5.75 Å². The molecule has 0 aromatic heterocycles. The molecule has 0 radical (unpaired) electrons. The zero-order valence-electron chi connectivity index (χ0n) is 12.6. The van der Waals surface area contributed by atoms with Crippen molar-refractivity contribution in [2.45, 2.75) is 24.2 Å². The van der Waals surface area contributed by atoms with Gasteiger partial charge in [0.05, 0.1) is 6.61 Å². The van der Waals surface area contributed by atoms with E-state index in [1.54, 1.807) is 11.8 Å². The molecular formula is C17H16ClNO3S. The molecule has 0 atom stereocenters. The fraction of sp³-hybridized carbons (Fsp3) is 0.235. The lowest BCUT2D eigenvalue weighted by atomic mass is 10.1. The number of anilines is 1. The Hall–Kier alpha value is -1.69. The number of carbonyl (C=O) groups excluding carboxylic acids is 1. The van der Waals surface area contributed by atoms with Gasteiger partial charge in [-0.05, 0) is 36.4 Å². The molecule has 1 N–H and O–H groups in total. The summed E-state index contributed by atoms with van der Waals surface area (Å²) in [5.74, 6) is 1.56. The summed E-state index contributed by atoms with van der Waals surface area (Å²) in [4.78, 5) is 12.1. The summed E-state index contributed by atoms with van der Waals surface area (Å²) >= 11 is 7.86. The maximum atomic E-state index is 11.0. The Morgan fingerprint density at radius 1 is 1.30 bits per heavy atom. The topological polar surface area (TPSA) is 47.6 Å². The minimum absolute atomic E-state index is 0.0738. The van der Waals surface area contributed by atoms with Crippen molar-refractivity contribution < 1.29 is 14.3 Å². The summed E-state index contributed by atoms with van der Waals surface area (Å²) in [5, 5.41) is 3.44. The minimum atomic E-state index is -0.0738. The molecule has 1 amide bonds. The third-order valence-corrected chi connectivity index (χ3v) is 4.60. The standard InChI is InChI=1S/C17H16ClNO3S/c1-11(20)19-15-2-4-16(5-3-15)23-9-13-7-14(18)6-12-8-21-10-22-17(12)13/h2-7H,8-10H2,1H3,(H,19,20). The van der Waals surface area contributed by atoms with Crippen molar-refractivity contribution in [3.05, 3.63) is 52.5 Å². The molecule has 6 heteroatoms. The van der Waals surface area contributed by atoms with Crippen molar-refractivity contribution in [2.24, 2.45) is 0 Å². The molecule has 2 aromatic rings. The van der Waals surface area contributed by atoms with E-state index in [1.807, 2.05) is 36.4 Å². The highest BCUT2D eigenvalue weighted by molar-refractivity contribution is 7.98. The van der Waals surface area contributed by atoms with Crippen molar-refractivity contribution in [3.63, 3.8) is 0 Å². The molecule has 0 saturated heterocycles. The number of nitrogens with one attached hydrogen (secondary N) is 1. The van der Waals surface area contributed by atoms with Crippen LogP contribution in [0.2, 0.25) is 5.02 Å². The molecule has 120 valence electrons. The van der Waals surface area contributed by atoms with Crippen LogP contribution in [0.15, 0.2) is 41.3 Å². The molecule has 4 nitrogen and oxygen atoms in total. The molecule has 0 aliphatic carbocycles. The number of halogens is 1. The van der Waals surface area contributed by atoms with Gasteiger partial charge in [0.25, 0.3) is 0 Å². The van der Waals surface area contributed by atoms with Gasteiger partial charge in [-0.25, -0.2) is 0 Å². The van der Waals surface area contributed by atoms with Crippen LogP contribution >= 0.6 is 23.4 Å². The van der Waals surface area contributed by atoms with Crippen molar-refractivity contribution in [2.75, 3.05) is 12.1 Å². The molecule has 1 aliphatic rings. The number of benzene rings is 2. The Labute approximate surface area is 144 Å². The second-order valence-corrected chi connectivity index (χ2v) is 6.64. The van der Waals surface area contributed by atoms with Gasteiger partial charge >= 0.3 is 0 Å². The fourth-order valence-corrected chi connectivity index (χ4v) is 3.49. The average Bonchev–Trinajstić information content (AvgIpc) is 2.53. The molecule has 0 spiro atoms. The molecule has 0 saturated carbocycles. The molecule has 1 heterocycles. The fourth-order valence-electron chi connectivity index (χ4n) is 2.36. The van der Waals surface area contributed by atoms with Crippen LogP contribution < -0.4 is 10.1 Å². The SMILES string of the molecule is CC(=O)Nc1ccc(SCc2cc(Cl)cc3c2OCOC3)cc1. The van der Waals surface area contributed by atoms with Gasteiger partial charge in [-0.2, -0.15) is 0 Å². The van der Waals surface area contributed by atoms with Crippen molar-refractivity contribution in [3.8, 4) is 5.75 Å². The van der Waals surface area contributed by atoms with Gasteiger partial charge in [0.2, 0.25) is 5.91 Å². The Morgan fingerprint density at radius 2 is 2.09 bits per heavy atom. The van der Waals surface area contributed by atoms with Gasteiger partial charge < -0.3 is 14.8 Å². The molecule has 1 aliphatic heterocycles. The Kier molecular flexibility index (Phi) is 5.10. The predicted molar refractivity (Wildman–Crippen MR) is 92.0 cm³/mol. The molecule has 3 rings (SSSR count). The van der Waals surface area contributed by atoms with Crippen molar-refractivity contribution in [1.29, 1.82) is 0 Å². The first-order valence-electron chi connectivity index (χ1n) is 7.14. The van der Waals surface area contributed by atoms with Gasteiger partial charge in [0.1, 0.15) is 5.75 Å². The van der Waals surface area contributed by atoms with Crippen LogP contribution in [0.25, 0.3) is 0 Å². The largest absolute Gasteiger partial charge is 0.467 e. The first-order chi connectivity index (χ1) is 11.1. The van der Waals surface area contributed by atoms with Gasteiger partial charge in [0.15, 0.2) is 6.79 Å². The zero-order valence-corrected chi connectivity index (χ0v) is 14.2. The van der Waals surface area contributed by atoms with E-state index in [0.717, 1.165) is 33.2 Å². The summed E-state index contributed by atoms with van der Waals surface area (Å²) < 4.78 is 10.9. The minimum Gasteiger partial charge on any atom is -0.467 e. The summed E-state index contributed by atoms with van der Waals surface area (Å²) in [6.45, 7) is 2.30. The number of amides is 1.